The van der Waals surface area contributed by atoms with Crippen molar-refractivity contribution in [2.24, 2.45) is 22.7 Å². The number of hydrogen-bond acceptors (Lipinski definition) is 8. The summed E-state index contributed by atoms with van der Waals surface area (Å²) in [7, 11) is 0. The van der Waals surface area contributed by atoms with Gasteiger partial charge in [-0.3, -0.25) is 9.59 Å². The molecule has 0 amide bonds. The number of aryl methyl sites for hydroxylation is 2. The molecule has 9 heteroatoms. The van der Waals surface area contributed by atoms with Crippen LogP contribution in [0.2, 0.25) is 0 Å². The largest absolute Gasteiger partial charge is 0.460 e. The second-order valence-electron chi connectivity index (χ2n) is 19.8. The van der Waals surface area contributed by atoms with Gasteiger partial charge in [-0.15, -0.1) is 0 Å². The fraction of sp³-hybridized carbons (Fsp3) is 0.805. The van der Waals surface area contributed by atoms with Crippen LogP contribution in [-0.2, 0) is 31.9 Å². The fourth-order valence-corrected chi connectivity index (χ4v) is 8.22. The van der Waals surface area contributed by atoms with E-state index in [2.05, 4.69) is 67.8 Å². The Labute approximate surface area is 310 Å². The van der Waals surface area contributed by atoms with E-state index < -0.39 is 11.2 Å². The number of halogens is 1. The first-order valence-electron chi connectivity index (χ1n) is 19.0. The molecule has 50 heavy (non-hydrogen) atoms. The van der Waals surface area contributed by atoms with Gasteiger partial charge in [0.05, 0.1) is 28.7 Å². The maximum atomic E-state index is 12.0. The Morgan fingerprint density at radius 3 is 1.46 bits per heavy atom. The van der Waals surface area contributed by atoms with Crippen molar-refractivity contribution in [2.75, 3.05) is 0 Å². The average Bonchev–Trinajstić information content (AvgIpc) is 3.55. The van der Waals surface area contributed by atoms with Crippen LogP contribution in [-0.4, -0.2) is 33.5 Å². The highest BCUT2D eigenvalue weighted by Crippen LogP contribution is 2.52. The summed E-state index contributed by atoms with van der Waals surface area (Å²) < 4.78 is 23.1. The van der Waals surface area contributed by atoms with Crippen LogP contribution in [0.4, 0.5) is 0 Å². The van der Waals surface area contributed by atoms with Gasteiger partial charge >= 0.3 is 11.9 Å². The molecule has 3 aliphatic rings. The van der Waals surface area contributed by atoms with Crippen LogP contribution < -0.4 is 0 Å². The maximum Gasteiger partial charge on any atom is 0.306 e. The number of esters is 2. The average molecular weight is 762 g/mol. The second-order valence-corrected chi connectivity index (χ2v) is 20.6. The molecule has 3 saturated carbocycles. The summed E-state index contributed by atoms with van der Waals surface area (Å²) in [5, 5.41) is 8.52. The first-order chi connectivity index (χ1) is 23.0. The first-order valence-corrected chi connectivity index (χ1v) is 19.8. The molecule has 0 atom stereocenters. The quantitative estimate of drug-likeness (QED) is 0.208. The van der Waals surface area contributed by atoms with E-state index >= 15 is 0 Å². The van der Waals surface area contributed by atoms with E-state index in [1.165, 1.54) is 44.1 Å². The summed E-state index contributed by atoms with van der Waals surface area (Å²) in [4.78, 5) is 23.9. The van der Waals surface area contributed by atoms with Crippen molar-refractivity contribution < 1.29 is 28.1 Å². The zero-order chi connectivity index (χ0) is 37.2. The van der Waals surface area contributed by atoms with E-state index in [1.54, 1.807) is 0 Å². The predicted molar refractivity (Wildman–Crippen MR) is 200 cm³/mol. The van der Waals surface area contributed by atoms with E-state index in [1.807, 2.05) is 41.5 Å². The molecule has 0 spiro atoms. The predicted octanol–water partition coefficient (Wildman–Crippen LogP) is 11.4. The minimum absolute atomic E-state index is 0.155. The lowest BCUT2D eigenvalue weighted by atomic mass is 9.67. The van der Waals surface area contributed by atoms with Crippen LogP contribution in [0.1, 0.15) is 194 Å². The van der Waals surface area contributed by atoms with E-state index in [0.717, 1.165) is 52.1 Å². The van der Waals surface area contributed by atoms with Gasteiger partial charge in [-0.2, -0.15) is 0 Å². The van der Waals surface area contributed by atoms with Crippen molar-refractivity contribution in [3.63, 3.8) is 0 Å². The molecule has 2 aromatic rings. The molecule has 0 aliphatic heterocycles. The van der Waals surface area contributed by atoms with Gasteiger partial charge in [0.2, 0.25) is 0 Å². The molecule has 0 unspecified atom stereocenters. The highest BCUT2D eigenvalue weighted by Gasteiger charge is 2.41. The monoisotopic (exact) mass is 760 g/mol. The van der Waals surface area contributed by atoms with Crippen LogP contribution >= 0.6 is 15.9 Å². The van der Waals surface area contributed by atoms with E-state index in [-0.39, 0.29) is 11.9 Å². The van der Waals surface area contributed by atoms with E-state index in [0.29, 0.717) is 54.3 Å². The third kappa shape index (κ3) is 12.8. The van der Waals surface area contributed by atoms with Crippen molar-refractivity contribution in [1.29, 1.82) is 0 Å². The number of aromatic nitrogens is 2. The molecule has 3 aliphatic carbocycles. The minimum Gasteiger partial charge on any atom is -0.460 e. The topological polar surface area (TPSA) is 105 Å². The molecule has 2 aromatic heterocycles. The van der Waals surface area contributed by atoms with Crippen LogP contribution in [0.5, 0.6) is 0 Å². The number of nitrogens with zero attached hydrogens (tertiary/aromatic N) is 2. The maximum absolute atomic E-state index is 12.0. The van der Waals surface area contributed by atoms with Gasteiger partial charge in [0.1, 0.15) is 17.0 Å². The van der Waals surface area contributed by atoms with E-state index in [4.69, 9.17) is 18.5 Å². The molecule has 0 radical (unpaired) electrons. The molecule has 2 heterocycles. The van der Waals surface area contributed by atoms with Gasteiger partial charge in [-0.25, -0.2) is 0 Å². The smallest absolute Gasteiger partial charge is 0.306 e. The number of carbonyl (C=O) groups is 2. The Kier molecular flexibility index (Phi) is 12.9. The zero-order valence-corrected chi connectivity index (χ0v) is 34.7. The summed E-state index contributed by atoms with van der Waals surface area (Å²) in [5.74, 6) is 4.88. The Bertz CT molecular complexity index is 1430. The lowest BCUT2D eigenvalue weighted by Crippen LogP contribution is -2.26. The molecule has 282 valence electrons. The van der Waals surface area contributed by atoms with Crippen LogP contribution in [0.3, 0.4) is 0 Å². The van der Waals surface area contributed by atoms with E-state index in [9.17, 15) is 9.59 Å². The summed E-state index contributed by atoms with van der Waals surface area (Å²) in [6.45, 7) is 25.2. The minimum atomic E-state index is -0.447. The Morgan fingerprint density at radius 1 is 0.640 bits per heavy atom. The molecule has 5 rings (SSSR count). The normalized spacial score (nSPS) is 22.6. The fourth-order valence-electron chi connectivity index (χ4n) is 7.56. The second kappa shape index (κ2) is 15.8. The van der Waals surface area contributed by atoms with Gasteiger partial charge < -0.3 is 18.5 Å². The molecular formula is C41H65BrN2O6. The number of rotatable bonds is 11. The summed E-state index contributed by atoms with van der Waals surface area (Å²) in [6, 6.07) is 0. The SMILES string of the molecule is CC(C)(C)CC1CC(c2onc(CCC(=O)OC(C)(C)C)c2Br)C1.CC(C)(C)CC1CC(c2onc(CCC(=O)OC(C)(C)C)c2C2CC2)C1. The highest BCUT2D eigenvalue weighted by atomic mass is 79.9. The van der Waals surface area contributed by atoms with Gasteiger partial charge in [-0.1, -0.05) is 51.9 Å². The van der Waals surface area contributed by atoms with Crippen LogP contribution in [0, 0.1) is 22.7 Å². The standard InChI is InChI=1S/C22H35NO3.C19H30BrNO3/c1-21(2,3)13-14-11-16(12-14)20-19(15-7-8-15)17(23-26-20)9-10-18(24)25-22(4,5)6;1-18(2,3)11-12-9-13(10-12)17-16(20)14(21-24-17)7-8-15(22)23-19(4,5)6/h14-16H,7-13H2,1-6H3;12-13H,7-11H2,1-6H3. The zero-order valence-electron chi connectivity index (χ0n) is 33.1. The third-order valence-corrected chi connectivity index (χ3v) is 10.4. The molecule has 0 N–H and O–H groups in total. The highest BCUT2D eigenvalue weighted by molar-refractivity contribution is 9.10. The molecular weight excluding hydrogens is 696 g/mol. The molecule has 8 nitrogen and oxygen atoms in total. The Balaban J connectivity index is 0.000000226. The van der Waals surface area contributed by atoms with Crippen molar-refractivity contribution in [3.05, 3.63) is 32.9 Å². The Morgan fingerprint density at radius 2 is 1.04 bits per heavy atom. The van der Waals surface area contributed by atoms with Gasteiger partial charge in [0.25, 0.3) is 0 Å². The van der Waals surface area contributed by atoms with Crippen molar-refractivity contribution in [2.45, 2.75) is 189 Å². The lowest BCUT2D eigenvalue weighted by molar-refractivity contribution is -0.155. The van der Waals surface area contributed by atoms with Gasteiger partial charge in [0, 0.05) is 30.2 Å². The summed E-state index contributed by atoms with van der Waals surface area (Å²) in [6.07, 6.45) is 11.6. The molecule has 3 fully saturated rings. The molecule has 0 bridgehead atoms. The number of hydrogen-bond donors (Lipinski definition) is 0. The van der Waals surface area contributed by atoms with Gasteiger partial charge in [-0.05, 0) is 137 Å². The van der Waals surface area contributed by atoms with Gasteiger partial charge in [0.15, 0.2) is 5.76 Å². The molecule has 0 aromatic carbocycles. The first kappa shape index (κ1) is 40.6. The third-order valence-electron chi connectivity index (χ3n) is 9.53. The number of ether oxygens (including phenoxy) is 2. The van der Waals surface area contributed by atoms with Crippen molar-refractivity contribution in [3.8, 4) is 0 Å². The lowest BCUT2D eigenvalue weighted by Gasteiger charge is -2.38. The number of carbonyl (C=O) groups excluding carboxylic acids is 2. The van der Waals surface area contributed by atoms with Crippen molar-refractivity contribution in [1.82, 2.24) is 10.3 Å². The summed E-state index contributed by atoms with van der Waals surface area (Å²) in [5.41, 5.74) is 3.04. The Hall–Kier alpha value is -2.16. The molecule has 0 saturated heterocycles. The van der Waals surface area contributed by atoms with Crippen molar-refractivity contribution >= 4 is 27.9 Å². The van der Waals surface area contributed by atoms with Crippen LogP contribution in [0.25, 0.3) is 0 Å². The summed E-state index contributed by atoms with van der Waals surface area (Å²) >= 11 is 3.61. The van der Waals surface area contributed by atoms with Crippen LogP contribution in [0.15, 0.2) is 13.5 Å².